The molecule has 134 valence electrons. The number of hydrogen-bond donors (Lipinski definition) is 1. The van der Waals surface area contributed by atoms with Crippen LogP contribution in [0.3, 0.4) is 0 Å². The lowest BCUT2D eigenvalue weighted by Crippen LogP contribution is -2.49. The van der Waals surface area contributed by atoms with E-state index in [1.165, 1.54) is 6.42 Å². The van der Waals surface area contributed by atoms with Gasteiger partial charge >= 0.3 is 0 Å². The third kappa shape index (κ3) is 4.37. The molecular formula is C17H27BrN4O2. The molecule has 1 saturated heterocycles. The molecule has 7 heteroatoms. The van der Waals surface area contributed by atoms with Crippen molar-refractivity contribution in [1.29, 1.82) is 0 Å². The molecule has 1 fully saturated rings. The van der Waals surface area contributed by atoms with Gasteiger partial charge in [0.05, 0.1) is 22.6 Å². The van der Waals surface area contributed by atoms with Gasteiger partial charge in [0.2, 0.25) is 11.8 Å². The molecule has 0 aliphatic carbocycles. The number of nitrogens with zero attached hydrogens (tertiary/aromatic N) is 3. The van der Waals surface area contributed by atoms with Gasteiger partial charge in [-0.3, -0.25) is 14.3 Å². The second-order valence-electron chi connectivity index (χ2n) is 6.68. The Morgan fingerprint density at radius 2 is 1.83 bits per heavy atom. The third-order valence-electron chi connectivity index (χ3n) is 4.58. The van der Waals surface area contributed by atoms with Crippen molar-refractivity contribution in [3.8, 4) is 0 Å². The molecule has 2 amide bonds. The number of piperidine rings is 1. The Morgan fingerprint density at radius 1 is 1.21 bits per heavy atom. The van der Waals surface area contributed by atoms with E-state index in [2.05, 4.69) is 26.3 Å². The van der Waals surface area contributed by atoms with Gasteiger partial charge < -0.3 is 10.2 Å². The Bertz CT molecular complexity index is 608. The van der Waals surface area contributed by atoms with Crippen molar-refractivity contribution in [2.75, 3.05) is 13.1 Å². The summed E-state index contributed by atoms with van der Waals surface area (Å²) in [5.74, 6) is -0.354. The van der Waals surface area contributed by atoms with E-state index in [0.29, 0.717) is 6.54 Å². The van der Waals surface area contributed by atoms with E-state index in [0.717, 1.165) is 41.8 Å². The van der Waals surface area contributed by atoms with Crippen LogP contribution in [0.15, 0.2) is 4.47 Å². The molecule has 0 spiro atoms. The summed E-state index contributed by atoms with van der Waals surface area (Å²) in [6.07, 6.45) is 3.28. The highest BCUT2D eigenvalue weighted by Crippen LogP contribution is 2.20. The zero-order valence-electron chi connectivity index (χ0n) is 14.9. The van der Waals surface area contributed by atoms with Crippen molar-refractivity contribution >= 4 is 27.7 Å². The van der Waals surface area contributed by atoms with Crippen LogP contribution < -0.4 is 5.32 Å². The van der Waals surface area contributed by atoms with Gasteiger partial charge in [-0.25, -0.2) is 0 Å². The number of carbonyl (C=O) groups is 2. The molecule has 1 aromatic rings. The first kappa shape index (κ1) is 19.0. The molecule has 2 atom stereocenters. The van der Waals surface area contributed by atoms with Gasteiger partial charge in [0, 0.05) is 18.8 Å². The van der Waals surface area contributed by atoms with E-state index in [4.69, 9.17) is 0 Å². The van der Waals surface area contributed by atoms with Crippen LogP contribution in [0.25, 0.3) is 0 Å². The van der Waals surface area contributed by atoms with Crippen LogP contribution in [0.4, 0.5) is 0 Å². The maximum Gasteiger partial charge on any atom is 0.244 e. The number of carbonyl (C=O) groups excluding carboxylic acids is 2. The largest absolute Gasteiger partial charge is 0.344 e. The standard InChI is InChI=1S/C17H27BrN4O2/c1-11(10-22-14(4)15(18)12(2)20-22)16(23)19-13(3)17(24)21-8-6-5-7-9-21/h11,13H,5-10H2,1-4H3,(H,19,23). The molecular weight excluding hydrogens is 372 g/mol. The number of amides is 2. The van der Waals surface area contributed by atoms with Crippen LogP contribution in [0.5, 0.6) is 0 Å². The number of aromatic nitrogens is 2. The van der Waals surface area contributed by atoms with E-state index in [1.807, 2.05) is 30.4 Å². The quantitative estimate of drug-likeness (QED) is 0.827. The average Bonchev–Trinajstić information content (AvgIpc) is 2.81. The van der Waals surface area contributed by atoms with Crippen LogP contribution in [0.2, 0.25) is 0 Å². The molecule has 1 N–H and O–H groups in total. The summed E-state index contributed by atoms with van der Waals surface area (Å²) in [5.41, 5.74) is 1.92. The van der Waals surface area contributed by atoms with Crippen molar-refractivity contribution in [2.24, 2.45) is 5.92 Å². The normalized spacial score (nSPS) is 17.5. The van der Waals surface area contributed by atoms with Crippen molar-refractivity contribution in [2.45, 2.75) is 59.5 Å². The molecule has 0 bridgehead atoms. The number of halogens is 1. The van der Waals surface area contributed by atoms with E-state index >= 15 is 0 Å². The fourth-order valence-corrected chi connectivity index (χ4v) is 3.28. The van der Waals surface area contributed by atoms with E-state index in [1.54, 1.807) is 6.92 Å². The summed E-state index contributed by atoms with van der Waals surface area (Å²) in [7, 11) is 0. The van der Waals surface area contributed by atoms with Crippen molar-refractivity contribution in [3.05, 3.63) is 15.9 Å². The van der Waals surface area contributed by atoms with Gasteiger partial charge in [0.15, 0.2) is 0 Å². The van der Waals surface area contributed by atoms with Crippen molar-refractivity contribution < 1.29 is 9.59 Å². The molecule has 2 heterocycles. The van der Waals surface area contributed by atoms with E-state index in [9.17, 15) is 9.59 Å². The molecule has 2 rings (SSSR count). The Labute approximate surface area is 152 Å². The monoisotopic (exact) mass is 398 g/mol. The first-order valence-corrected chi connectivity index (χ1v) is 9.39. The molecule has 6 nitrogen and oxygen atoms in total. The van der Waals surface area contributed by atoms with Gasteiger partial charge in [-0.2, -0.15) is 5.10 Å². The molecule has 1 aliphatic heterocycles. The molecule has 1 aliphatic rings. The third-order valence-corrected chi connectivity index (χ3v) is 5.73. The van der Waals surface area contributed by atoms with E-state index < -0.39 is 6.04 Å². The predicted octanol–water partition coefficient (Wildman–Crippen LogP) is 2.42. The van der Waals surface area contributed by atoms with Crippen LogP contribution in [-0.4, -0.2) is 45.6 Å². The highest BCUT2D eigenvalue weighted by molar-refractivity contribution is 9.10. The maximum atomic E-state index is 12.4. The molecule has 2 unspecified atom stereocenters. The van der Waals surface area contributed by atoms with Gasteiger partial charge in [-0.1, -0.05) is 6.92 Å². The van der Waals surface area contributed by atoms with Gasteiger partial charge in [-0.15, -0.1) is 0 Å². The summed E-state index contributed by atoms with van der Waals surface area (Å²) in [6.45, 7) is 9.62. The Kier molecular flexibility index (Phi) is 6.43. The van der Waals surface area contributed by atoms with Crippen molar-refractivity contribution in [3.63, 3.8) is 0 Å². The molecule has 0 aromatic carbocycles. The first-order valence-electron chi connectivity index (χ1n) is 8.60. The minimum absolute atomic E-state index is 0.0177. The minimum Gasteiger partial charge on any atom is -0.344 e. The summed E-state index contributed by atoms with van der Waals surface area (Å²) in [5, 5.41) is 7.29. The topological polar surface area (TPSA) is 67.2 Å². The number of likely N-dealkylation sites (tertiary alicyclic amines) is 1. The lowest BCUT2D eigenvalue weighted by atomic mass is 10.1. The molecule has 24 heavy (non-hydrogen) atoms. The second-order valence-corrected chi connectivity index (χ2v) is 7.48. The first-order chi connectivity index (χ1) is 11.3. The number of rotatable bonds is 5. The van der Waals surface area contributed by atoms with Crippen molar-refractivity contribution in [1.82, 2.24) is 20.0 Å². The van der Waals surface area contributed by atoms with Crippen LogP contribution in [0.1, 0.15) is 44.5 Å². The zero-order valence-corrected chi connectivity index (χ0v) is 16.5. The maximum absolute atomic E-state index is 12.4. The highest BCUT2D eigenvalue weighted by Gasteiger charge is 2.25. The summed E-state index contributed by atoms with van der Waals surface area (Å²) in [6, 6.07) is -0.481. The zero-order chi connectivity index (χ0) is 17.9. The summed E-state index contributed by atoms with van der Waals surface area (Å²) >= 11 is 3.50. The highest BCUT2D eigenvalue weighted by atomic mass is 79.9. The summed E-state index contributed by atoms with van der Waals surface area (Å²) < 4.78 is 2.81. The Balaban J connectivity index is 1.90. The average molecular weight is 399 g/mol. The fourth-order valence-electron chi connectivity index (χ4n) is 3.00. The molecule has 1 aromatic heterocycles. The lowest BCUT2D eigenvalue weighted by molar-refractivity contribution is -0.137. The summed E-state index contributed by atoms with van der Waals surface area (Å²) in [4.78, 5) is 26.7. The second kappa shape index (κ2) is 8.14. The number of hydrogen-bond acceptors (Lipinski definition) is 3. The fraction of sp³-hybridized carbons (Fsp3) is 0.706. The lowest BCUT2D eigenvalue weighted by Gasteiger charge is -2.29. The molecule has 0 radical (unpaired) electrons. The minimum atomic E-state index is -0.481. The molecule has 0 saturated carbocycles. The van der Waals surface area contributed by atoms with E-state index in [-0.39, 0.29) is 17.7 Å². The Morgan fingerprint density at radius 3 is 2.38 bits per heavy atom. The van der Waals surface area contributed by atoms with Gasteiger partial charge in [0.1, 0.15) is 6.04 Å². The Hall–Kier alpha value is -1.37. The van der Waals surface area contributed by atoms with Crippen LogP contribution >= 0.6 is 15.9 Å². The predicted molar refractivity (Wildman–Crippen MR) is 96.6 cm³/mol. The van der Waals surface area contributed by atoms with Gasteiger partial charge in [0.25, 0.3) is 0 Å². The SMILES string of the molecule is Cc1nn(CC(C)C(=O)NC(C)C(=O)N2CCCCC2)c(C)c1Br. The van der Waals surface area contributed by atoms with Crippen LogP contribution in [0, 0.1) is 19.8 Å². The number of nitrogens with one attached hydrogen (secondary N) is 1. The van der Waals surface area contributed by atoms with Crippen LogP contribution in [-0.2, 0) is 16.1 Å². The van der Waals surface area contributed by atoms with Gasteiger partial charge in [-0.05, 0) is 56.0 Å². The smallest absolute Gasteiger partial charge is 0.244 e. The number of aryl methyl sites for hydroxylation is 1.